The van der Waals surface area contributed by atoms with Crippen LogP contribution < -0.4 is 0 Å². The van der Waals surface area contributed by atoms with Gasteiger partial charge in [-0.1, -0.05) is 32.4 Å². The van der Waals surface area contributed by atoms with Crippen molar-refractivity contribution < 1.29 is 14.4 Å². The highest BCUT2D eigenvalue weighted by molar-refractivity contribution is 6.65. The Morgan fingerprint density at radius 1 is 1.21 bits per heavy atom. The van der Waals surface area contributed by atoms with E-state index in [1.807, 2.05) is 6.92 Å². The third-order valence-corrected chi connectivity index (χ3v) is 3.74. The molecule has 0 radical (unpaired) electrons. The Morgan fingerprint density at radius 3 is 2.05 bits per heavy atom. The van der Waals surface area contributed by atoms with Crippen molar-refractivity contribution in [1.82, 2.24) is 4.90 Å². The fraction of sp³-hybridized carbons (Fsp3) is 0.357. The van der Waals surface area contributed by atoms with E-state index in [1.165, 1.54) is 0 Å². The van der Waals surface area contributed by atoms with Crippen LogP contribution in [0.4, 0.5) is 0 Å². The van der Waals surface area contributed by atoms with Crippen LogP contribution in [0.15, 0.2) is 24.3 Å². The maximum absolute atomic E-state index is 12.3. The zero-order valence-corrected chi connectivity index (χ0v) is 11.5. The first-order valence-electron chi connectivity index (χ1n) is 6.15. The molecule has 2 atom stereocenters. The Kier molecular flexibility index (Phi) is 3.71. The number of rotatable bonds is 4. The maximum atomic E-state index is 12.3. The van der Waals surface area contributed by atoms with E-state index in [2.05, 4.69) is 0 Å². The molecule has 0 saturated heterocycles. The van der Waals surface area contributed by atoms with Crippen LogP contribution in [0, 0.1) is 5.92 Å². The number of hydrogen-bond donors (Lipinski definition) is 0. The molecule has 1 aliphatic rings. The lowest BCUT2D eigenvalue weighted by Crippen LogP contribution is -2.47. The maximum Gasteiger partial charge on any atom is 0.262 e. The summed E-state index contributed by atoms with van der Waals surface area (Å²) in [4.78, 5) is 37.1. The van der Waals surface area contributed by atoms with Crippen LogP contribution in [0.2, 0.25) is 0 Å². The van der Waals surface area contributed by atoms with Crippen LogP contribution >= 0.6 is 11.6 Å². The molecule has 5 heteroatoms. The number of carbonyl (C=O) groups excluding carboxylic acids is 3. The standard InChI is InChI=1S/C14H14ClNO3/c1-3-8(2)11(12(15)17)16-13(18)9-6-4-5-7-10(9)14(16)19/h4-8,11H,3H2,1-2H3. The molecule has 19 heavy (non-hydrogen) atoms. The molecule has 1 aromatic rings. The van der Waals surface area contributed by atoms with Gasteiger partial charge in [0.15, 0.2) is 0 Å². The smallest absolute Gasteiger partial charge is 0.262 e. The molecule has 0 spiro atoms. The number of nitrogens with zero attached hydrogens (tertiary/aromatic N) is 1. The predicted molar refractivity (Wildman–Crippen MR) is 71.0 cm³/mol. The molecule has 2 amide bonds. The van der Waals surface area contributed by atoms with Gasteiger partial charge in [0.2, 0.25) is 5.24 Å². The van der Waals surface area contributed by atoms with Gasteiger partial charge in [0, 0.05) is 0 Å². The van der Waals surface area contributed by atoms with Gasteiger partial charge in [-0.25, -0.2) is 0 Å². The summed E-state index contributed by atoms with van der Waals surface area (Å²) in [6.07, 6.45) is 0.649. The predicted octanol–water partition coefficient (Wildman–Crippen LogP) is 2.46. The number of imide groups is 1. The number of benzene rings is 1. The minimum Gasteiger partial charge on any atom is -0.279 e. The number of amides is 2. The average Bonchev–Trinajstić information content (AvgIpc) is 2.64. The van der Waals surface area contributed by atoms with Crippen molar-refractivity contribution in [2.24, 2.45) is 5.92 Å². The van der Waals surface area contributed by atoms with Gasteiger partial charge in [-0.15, -0.1) is 0 Å². The van der Waals surface area contributed by atoms with Crippen LogP contribution in [-0.4, -0.2) is 28.0 Å². The van der Waals surface area contributed by atoms with Crippen LogP contribution in [0.25, 0.3) is 0 Å². The van der Waals surface area contributed by atoms with Gasteiger partial charge in [0.05, 0.1) is 11.1 Å². The normalized spacial score (nSPS) is 17.3. The average molecular weight is 280 g/mol. The van der Waals surface area contributed by atoms with Crippen molar-refractivity contribution in [3.05, 3.63) is 35.4 Å². The number of fused-ring (bicyclic) bond motifs is 1. The first-order chi connectivity index (χ1) is 8.99. The molecular formula is C14H14ClNO3. The first kappa shape index (κ1) is 13.7. The van der Waals surface area contributed by atoms with E-state index in [1.54, 1.807) is 31.2 Å². The largest absolute Gasteiger partial charge is 0.279 e. The van der Waals surface area contributed by atoms with Crippen molar-refractivity contribution in [2.45, 2.75) is 26.3 Å². The van der Waals surface area contributed by atoms with Crippen LogP contribution in [0.3, 0.4) is 0 Å². The van der Waals surface area contributed by atoms with E-state index in [0.29, 0.717) is 17.5 Å². The lowest BCUT2D eigenvalue weighted by molar-refractivity contribution is -0.116. The molecule has 0 bridgehead atoms. The number of hydrogen-bond acceptors (Lipinski definition) is 3. The molecule has 4 nitrogen and oxygen atoms in total. The highest BCUT2D eigenvalue weighted by Crippen LogP contribution is 2.28. The topological polar surface area (TPSA) is 54.5 Å². The van der Waals surface area contributed by atoms with Crippen molar-refractivity contribution in [2.75, 3.05) is 0 Å². The van der Waals surface area contributed by atoms with Crippen molar-refractivity contribution in [3.8, 4) is 0 Å². The molecular weight excluding hydrogens is 266 g/mol. The van der Waals surface area contributed by atoms with Crippen molar-refractivity contribution in [3.63, 3.8) is 0 Å². The molecule has 2 rings (SSSR count). The molecule has 1 heterocycles. The van der Waals surface area contributed by atoms with E-state index in [9.17, 15) is 14.4 Å². The van der Waals surface area contributed by atoms with Gasteiger partial charge >= 0.3 is 0 Å². The summed E-state index contributed by atoms with van der Waals surface area (Å²) in [6, 6.07) is 5.64. The van der Waals surface area contributed by atoms with Gasteiger partial charge in [-0.3, -0.25) is 19.3 Å². The molecule has 0 aromatic heterocycles. The SMILES string of the molecule is CCC(C)C(C(=O)Cl)N1C(=O)c2ccccc2C1=O. The lowest BCUT2D eigenvalue weighted by atomic mass is 9.99. The number of halogens is 1. The Balaban J connectivity index is 2.45. The molecule has 0 aliphatic carbocycles. The summed E-state index contributed by atoms with van der Waals surface area (Å²) in [5, 5.41) is -0.677. The second kappa shape index (κ2) is 5.13. The van der Waals surface area contributed by atoms with Crippen LogP contribution in [0.5, 0.6) is 0 Å². The van der Waals surface area contributed by atoms with Crippen LogP contribution in [0.1, 0.15) is 41.0 Å². The second-order valence-electron chi connectivity index (χ2n) is 4.66. The molecule has 1 aliphatic heterocycles. The van der Waals surface area contributed by atoms with Gasteiger partial charge in [-0.05, 0) is 29.7 Å². The minimum absolute atomic E-state index is 0.174. The third-order valence-electron chi connectivity index (χ3n) is 3.52. The van der Waals surface area contributed by atoms with E-state index in [4.69, 9.17) is 11.6 Å². The highest BCUT2D eigenvalue weighted by atomic mass is 35.5. The lowest BCUT2D eigenvalue weighted by Gasteiger charge is -2.27. The monoisotopic (exact) mass is 279 g/mol. The van der Waals surface area contributed by atoms with E-state index in [0.717, 1.165) is 4.90 Å². The zero-order valence-electron chi connectivity index (χ0n) is 10.7. The van der Waals surface area contributed by atoms with Crippen molar-refractivity contribution in [1.29, 1.82) is 0 Å². The molecule has 0 fully saturated rings. The Hall–Kier alpha value is -1.68. The van der Waals surface area contributed by atoms with E-state index >= 15 is 0 Å². The fourth-order valence-corrected chi connectivity index (χ4v) is 2.58. The molecule has 1 aromatic carbocycles. The highest BCUT2D eigenvalue weighted by Gasteiger charge is 2.43. The summed E-state index contributed by atoms with van der Waals surface area (Å²) >= 11 is 5.59. The molecule has 0 N–H and O–H groups in total. The molecule has 0 saturated carbocycles. The number of carbonyl (C=O) groups is 3. The Labute approximate surface area is 116 Å². The van der Waals surface area contributed by atoms with Gasteiger partial charge in [0.1, 0.15) is 6.04 Å². The zero-order chi connectivity index (χ0) is 14.2. The Bertz CT molecular complexity index is 520. The van der Waals surface area contributed by atoms with Gasteiger partial charge in [-0.2, -0.15) is 0 Å². The summed E-state index contributed by atoms with van der Waals surface area (Å²) < 4.78 is 0. The first-order valence-corrected chi connectivity index (χ1v) is 6.53. The summed E-state index contributed by atoms with van der Waals surface area (Å²) in [7, 11) is 0. The third kappa shape index (κ3) is 2.16. The quantitative estimate of drug-likeness (QED) is 0.628. The van der Waals surface area contributed by atoms with Gasteiger partial charge in [0.25, 0.3) is 11.8 Å². The Morgan fingerprint density at radius 2 is 1.68 bits per heavy atom. The summed E-state index contributed by atoms with van der Waals surface area (Å²) in [6.45, 7) is 3.68. The van der Waals surface area contributed by atoms with Crippen molar-refractivity contribution >= 4 is 28.7 Å². The minimum atomic E-state index is -0.904. The molecule has 100 valence electrons. The van der Waals surface area contributed by atoms with Crippen LogP contribution in [-0.2, 0) is 4.79 Å². The summed E-state index contributed by atoms with van der Waals surface area (Å²) in [5.41, 5.74) is 0.664. The second-order valence-corrected chi connectivity index (χ2v) is 5.03. The summed E-state index contributed by atoms with van der Waals surface area (Å²) in [5.74, 6) is -1.06. The molecule has 2 unspecified atom stereocenters. The fourth-order valence-electron chi connectivity index (χ4n) is 2.26. The van der Waals surface area contributed by atoms with E-state index < -0.39 is 23.1 Å². The van der Waals surface area contributed by atoms with Gasteiger partial charge < -0.3 is 0 Å². The van der Waals surface area contributed by atoms with E-state index in [-0.39, 0.29) is 5.92 Å².